The second kappa shape index (κ2) is 15.0. The van der Waals surface area contributed by atoms with Crippen LogP contribution in [0.3, 0.4) is 0 Å². The van der Waals surface area contributed by atoms with Crippen LogP contribution in [-0.4, -0.2) is 24.7 Å². The zero-order valence-corrected chi connectivity index (χ0v) is 14.3. The van der Waals surface area contributed by atoms with Gasteiger partial charge in [-0.15, -0.1) is 11.6 Å². The van der Waals surface area contributed by atoms with Crippen LogP contribution in [0, 0.1) is 5.41 Å². The van der Waals surface area contributed by atoms with Crippen LogP contribution in [0.25, 0.3) is 0 Å². The third-order valence-corrected chi connectivity index (χ3v) is 1.56. The van der Waals surface area contributed by atoms with Gasteiger partial charge in [-0.1, -0.05) is 59.7 Å². The van der Waals surface area contributed by atoms with Crippen LogP contribution in [0.5, 0.6) is 0 Å². The predicted molar refractivity (Wildman–Crippen MR) is 84.6 cm³/mol. The molecule has 0 bridgehead atoms. The van der Waals surface area contributed by atoms with E-state index >= 15 is 0 Å². The van der Waals surface area contributed by atoms with Crippen molar-refractivity contribution in [3.05, 3.63) is 12.2 Å². The summed E-state index contributed by atoms with van der Waals surface area (Å²) in [5, 5.41) is 6.16. The smallest absolute Gasteiger partial charge is 0.240 e. The number of allylic oxidation sites excluding steroid dienone is 1. The maximum absolute atomic E-state index is 11.0. The van der Waals surface area contributed by atoms with E-state index < -0.39 is 0 Å². The van der Waals surface area contributed by atoms with Gasteiger partial charge < -0.3 is 10.2 Å². The molecule has 114 valence electrons. The quantitative estimate of drug-likeness (QED) is 0.370. The van der Waals surface area contributed by atoms with Crippen molar-refractivity contribution in [1.82, 2.24) is 5.32 Å². The molecule has 0 heterocycles. The topological polar surface area (TPSA) is 50.7 Å². The zero-order chi connectivity index (χ0) is 15.9. The molecule has 0 radical (unpaired) electrons. The molecule has 0 atom stereocenters. The monoisotopic (exact) mass is 292 g/mol. The number of hydrogen-bond donors (Lipinski definition) is 1. The number of hydrogen-bond acceptors (Lipinski definition) is 3. The second-order valence-corrected chi connectivity index (χ2v) is 4.31. The van der Waals surface area contributed by atoms with Gasteiger partial charge in [-0.3, -0.25) is 4.79 Å². The normalized spacial score (nSPS) is 10.9. The van der Waals surface area contributed by atoms with E-state index in [0.717, 1.165) is 0 Å². The van der Waals surface area contributed by atoms with Crippen LogP contribution in [0.2, 0.25) is 0 Å². The van der Waals surface area contributed by atoms with Crippen LogP contribution in [-0.2, 0) is 9.63 Å². The Morgan fingerprint density at radius 1 is 1.26 bits per heavy atom. The van der Waals surface area contributed by atoms with Gasteiger partial charge in [0, 0.05) is 0 Å². The first-order valence-electron chi connectivity index (χ1n) is 6.55. The number of halogens is 1. The van der Waals surface area contributed by atoms with Gasteiger partial charge in [0.15, 0.2) is 5.84 Å². The minimum atomic E-state index is -0.314. The lowest BCUT2D eigenvalue weighted by Crippen LogP contribution is -2.30. The summed E-state index contributed by atoms with van der Waals surface area (Å²) in [5.74, 6) is -0.0735. The van der Waals surface area contributed by atoms with E-state index in [4.69, 9.17) is 11.6 Å². The van der Waals surface area contributed by atoms with Crippen molar-refractivity contribution >= 4 is 23.3 Å². The summed E-state index contributed by atoms with van der Waals surface area (Å²) in [7, 11) is 1.41. The molecule has 1 amide bonds. The van der Waals surface area contributed by atoms with Crippen LogP contribution in [0.1, 0.15) is 48.5 Å². The first kappa shape index (κ1) is 23.1. The summed E-state index contributed by atoms with van der Waals surface area (Å²) in [4.78, 5) is 15.6. The number of nitrogens with zero attached hydrogens (tertiary/aromatic N) is 1. The van der Waals surface area contributed by atoms with Gasteiger partial charge in [0.25, 0.3) is 0 Å². The Hall–Kier alpha value is -1.03. The lowest BCUT2D eigenvalue weighted by Gasteiger charge is -2.11. The molecule has 0 rings (SSSR count). The number of nitrogens with one attached hydrogen (secondary N) is 1. The molecule has 0 aromatic rings. The van der Waals surface area contributed by atoms with Crippen molar-refractivity contribution in [2.24, 2.45) is 10.6 Å². The molecule has 0 aromatic heterocycles. The molecular formula is C14H29ClN2O2. The van der Waals surface area contributed by atoms with Gasteiger partial charge in [0.2, 0.25) is 5.91 Å². The Morgan fingerprint density at radius 3 is 2.05 bits per heavy atom. The fourth-order valence-corrected chi connectivity index (χ4v) is 0.765. The number of alkyl halides is 1. The average molecular weight is 293 g/mol. The highest BCUT2D eigenvalue weighted by molar-refractivity contribution is 6.28. The minimum Gasteiger partial charge on any atom is -0.397 e. The van der Waals surface area contributed by atoms with E-state index in [9.17, 15) is 4.79 Å². The summed E-state index contributed by atoms with van der Waals surface area (Å²) < 4.78 is 0. The van der Waals surface area contributed by atoms with E-state index in [2.05, 4.69) is 15.3 Å². The van der Waals surface area contributed by atoms with E-state index in [-0.39, 0.29) is 17.2 Å². The number of carbonyl (C=O) groups is 1. The summed E-state index contributed by atoms with van der Waals surface area (Å²) in [5.41, 5.74) is 0.0141. The van der Waals surface area contributed by atoms with Gasteiger partial charge in [-0.25, -0.2) is 0 Å². The molecule has 0 aromatic carbocycles. The SMILES string of the molecule is CC.CC.CO/N=C(\C=C\C(C)(C)C)NC(=O)CCl. The highest BCUT2D eigenvalue weighted by Gasteiger charge is 2.06. The first-order valence-corrected chi connectivity index (χ1v) is 7.08. The fourth-order valence-electron chi connectivity index (χ4n) is 0.698. The van der Waals surface area contributed by atoms with Crippen LogP contribution in [0.15, 0.2) is 17.3 Å². The maximum Gasteiger partial charge on any atom is 0.240 e. The third-order valence-electron chi connectivity index (χ3n) is 1.32. The molecule has 0 unspecified atom stereocenters. The summed E-state index contributed by atoms with van der Waals surface area (Å²) >= 11 is 5.35. The van der Waals surface area contributed by atoms with E-state index in [1.54, 1.807) is 6.08 Å². The van der Waals surface area contributed by atoms with E-state index in [1.807, 2.05) is 54.5 Å². The molecule has 1 N–H and O–H groups in total. The third kappa shape index (κ3) is 19.5. The molecule has 0 spiro atoms. The Labute approximate surface area is 123 Å². The van der Waals surface area contributed by atoms with Gasteiger partial charge in [0.05, 0.1) is 0 Å². The van der Waals surface area contributed by atoms with Crippen molar-refractivity contribution in [1.29, 1.82) is 0 Å². The van der Waals surface area contributed by atoms with Gasteiger partial charge in [-0.2, -0.15) is 0 Å². The van der Waals surface area contributed by atoms with Crippen molar-refractivity contribution in [2.75, 3.05) is 13.0 Å². The summed E-state index contributed by atoms with van der Waals surface area (Å²) in [6.45, 7) is 14.1. The molecule has 0 fully saturated rings. The second-order valence-electron chi connectivity index (χ2n) is 4.04. The van der Waals surface area contributed by atoms with E-state index in [0.29, 0.717) is 5.84 Å². The highest BCUT2D eigenvalue weighted by atomic mass is 35.5. The summed E-state index contributed by atoms with van der Waals surface area (Å²) in [6.07, 6.45) is 3.60. The zero-order valence-electron chi connectivity index (χ0n) is 13.5. The van der Waals surface area contributed by atoms with Gasteiger partial charge in [-0.05, 0) is 11.5 Å². The van der Waals surface area contributed by atoms with Crippen LogP contribution < -0.4 is 5.32 Å². The van der Waals surface area contributed by atoms with Gasteiger partial charge in [0.1, 0.15) is 13.0 Å². The largest absolute Gasteiger partial charge is 0.397 e. The van der Waals surface area contributed by atoms with Crippen LogP contribution in [0.4, 0.5) is 0 Å². The molecule has 0 aliphatic carbocycles. The number of rotatable bonds is 3. The van der Waals surface area contributed by atoms with Crippen molar-refractivity contribution < 1.29 is 9.63 Å². The molecule has 19 heavy (non-hydrogen) atoms. The van der Waals surface area contributed by atoms with E-state index in [1.165, 1.54) is 7.11 Å². The molecular weight excluding hydrogens is 264 g/mol. The number of oxime groups is 1. The number of amides is 1. The lowest BCUT2D eigenvalue weighted by molar-refractivity contribution is -0.117. The lowest BCUT2D eigenvalue weighted by atomic mass is 9.96. The molecule has 4 nitrogen and oxygen atoms in total. The van der Waals surface area contributed by atoms with Crippen molar-refractivity contribution in [3.63, 3.8) is 0 Å². The summed E-state index contributed by atoms with van der Waals surface area (Å²) in [6, 6.07) is 0. The van der Waals surface area contributed by atoms with Gasteiger partial charge >= 0.3 is 0 Å². The maximum atomic E-state index is 11.0. The fraction of sp³-hybridized carbons (Fsp3) is 0.714. The van der Waals surface area contributed by atoms with Crippen molar-refractivity contribution in [3.8, 4) is 0 Å². The number of carbonyl (C=O) groups excluding carboxylic acids is 1. The molecule has 0 aliphatic heterocycles. The Morgan fingerprint density at radius 2 is 1.74 bits per heavy atom. The Kier molecular flexibility index (Phi) is 18.3. The number of amidine groups is 1. The Bertz CT molecular complexity index is 269. The average Bonchev–Trinajstić information content (AvgIpc) is 2.40. The Balaban J connectivity index is -0.000000579. The first-order chi connectivity index (χ1) is 8.89. The van der Waals surface area contributed by atoms with Crippen LogP contribution >= 0.6 is 11.6 Å². The molecule has 0 saturated carbocycles. The van der Waals surface area contributed by atoms with Crippen molar-refractivity contribution in [2.45, 2.75) is 48.5 Å². The standard InChI is InChI=1S/C10H17ClN2O2.2C2H6/c1-10(2,3)6-5-8(13-15-4)12-9(14)7-11;2*1-2/h5-6H,7H2,1-4H3,(H,12,13,14);2*1-2H3/b6-5+;;. The predicted octanol–water partition coefficient (Wildman–Crippen LogP) is 3.96. The molecule has 0 aliphatic rings. The molecule has 0 saturated heterocycles. The minimum absolute atomic E-state index is 0.0141. The molecule has 5 heteroatoms. The highest BCUT2D eigenvalue weighted by Crippen LogP contribution is 2.14.